The number of ketones is 1. The van der Waals surface area contributed by atoms with Crippen LogP contribution in [0.1, 0.15) is 53.3 Å². The lowest BCUT2D eigenvalue weighted by Crippen LogP contribution is -2.59. The van der Waals surface area contributed by atoms with Crippen molar-refractivity contribution >= 4 is 42.2 Å². The molecule has 36 heavy (non-hydrogen) atoms. The number of aldehydes is 1. The second kappa shape index (κ2) is 13.1. The second-order valence-corrected chi connectivity index (χ2v) is 8.22. The van der Waals surface area contributed by atoms with E-state index in [2.05, 4.69) is 10.7 Å². The first-order valence-corrected chi connectivity index (χ1v) is 11.2. The van der Waals surface area contributed by atoms with E-state index < -0.39 is 42.2 Å². The molecule has 2 unspecified atom stereocenters. The third-order valence-electron chi connectivity index (χ3n) is 5.65. The van der Waals surface area contributed by atoms with Crippen LogP contribution in [0.25, 0.3) is 0 Å². The summed E-state index contributed by atoms with van der Waals surface area (Å²) < 4.78 is 0. The van der Waals surface area contributed by atoms with Crippen LogP contribution < -0.4 is 10.7 Å². The molecule has 3 N–H and O–H groups in total. The van der Waals surface area contributed by atoms with Crippen molar-refractivity contribution in [3.63, 3.8) is 0 Å². The van der Waals surface area contributed by atoms with Gasteiger partial charge in [-0.1, -0.05) is 12.1 Å². The zero-order valence-electron chi connectivity index (χ0n) is 20.0. The molecular formula is C23H29N5O8. The van der Waals surface area contributed by atoms with Crippen LogP contribution >= 0.6 is 0 Å². The second-order valence-electron chi connectivity index (χ2n) is 8.22. The maximum absolute atomic E-state index is 12.8. The first kappa shape index (κ1) is 28.1. The Morgan fingerprint density at radius 3 is 2.33 bits per heavy atom. The molecule has 1 aliphatic rings. The van der Waals surface area contributed by atoms with Crippen LogP contribution in [0, 0.1) is 0 Å². The highest BCUT2D eigenvalue weighted by Crippen LogP contribution is 2.18. The van der Waals surface area contributed by atoms with E-state index in [1.807, 2.05) is 0 Å². The molecule has 0 saturated carbocycles. The van der Waals surface area contributed by atoms with E-state index in [0.29, 0.717) is 37.6 Å². The van der Waals surface area contributed by atoms with Crippen LogP contribution in [0.3, 0.4) is 0 Å². The van der Waals surface area contributed by atoms with E-state index >= 15 is 0 Å². The van der Waals surface area contributed by atoms with Gasteiger partial charge in [0, 0.05) is 31.1 Å². The summed E-state index contributed by atoms with van der Waals surface area (Å²) in [6.45, 7) is 1.59. The summed E-state index contributed by atoms with van der Waals surface area (Å²) in [5.74, 6) is -2.96. The van der Waals surface area contributed by atoms with Gasteiger partial charge in [0.2, 0.25) is 18.2 Å². The molecule has 1 heterocycles. The monoisotopic (exact) mass is 503 g/mol. The summed E-state index contributed by atoms with van der Waals surface area (Å²) in [6, 6.07) is 3.89. The van der Waals surface area contributed by atoms with Gasteiger partial charge in [-0.25, -0.2) is 5.01 Å². The minimum atomic E-state index is -1.24. The van der Waals surface area contributed by atoms with Gasteiger partial charge in [-0.2, -0.15) is 0 Å². The molecular weight excluding hydrogens is 474 g/mol. The number of aliphatic carboxylic acids is 1. The normalized spacial score (nSPS) is 16.4. The summed E-state index contributed by atoms with van der Waals surface area (Å²) in [6.07, 6.45) is 0.886. The Morgan fingerprint density at radius 1 is 1.14 bits per heavy atom. The fourth-order valence-corrected chi connectivity index (χ4v) is 3.68. The SMILES string of the molecule is CC(=O)c1ccc(C(=O)NN(C=O)CCC(=O)N2CCCC(C(=O)NC(C=O)CC(=O)O)N2C)cc1. The Labute approximate surface area is 207 Å². The van der Waals surface area contributed by atoms with Crippen LogP contribution in [-0.4, -0.2) is 94.5 Å². The van der Waals surface area contributed by atoms with E-state index in [-0.39, 0.29) is 24.3 Å². The highest BCUT2D eigenvalue weighted by atomic mass is 16.4. The highest BCUT2D eigenvalue weighted by Gasteiger charge is 2.34. The van der Waals surface area contributed by atoms with E-state index in [0.717, 1.165) is 5.01 Å². The van der Waals surface area contributed by atoms with Gasteiger partial charge >= 0.3 is 5.97 Å². The zero-order valence-corrected chi connectivity index (χ0v) is 20.0. The molecule has 4 amide bonds. The number of carbonyl (C=O) groups is 7. The number of hydrazine groups is 2. The molecule has 13 nitrogen and oxygen atoms in total. The van der Waals surface area contributed by atoms with Crippen molar-refractivity contribution in [3.8, 4) is 0 Å². The number of carbonyl (C=O) groups excluding carboxylic acids is 6. The van der Waals surface area contributed by atoms with Crippen LogP contribution in [0.15, 0.2) is 24.3 Å². The average Bonchev–Trinajstić information content (AvgIpc) is 2.85. The van der Waals surface area contributed by atoms with Crippen molar-refractivity contribution in [2.24, 2.45) is 0 Å². The molecule has 1 aromatic carbocycles. The molecule has 1 fully saturated rings. The molecule has 0 bridgehead atoms. The Bertz CT molecular complexity index is 1010. The van der Waals surface area contributed by atoms with Gasteiger partial charge in [-0.05, 0) is 31.9 Å². The number of amides is 4. The van der Waals surface area contributed by atoms with E-state index in [9.17, 15) is 33.6 Å². The van der Waals surface area contributed by atoms with Crippen molar-refractivity contribution in [2.75, 3.05) is 20.1 Å². The van der Waals surface area contributed by atoms with Crippen LogP contribution in [-0.2, 0) is 24.0 Å². The predicted molar refractivity (Wildman–Crippen MR) is 124 cm³/mol. The lowest BCUT2D eigenvalue weighted by atomic mass is 10.1. The topological polar surface area (TPSA) is 174 Å². The van der Waals surface area contributed by atoms with Crippen molar-refractivity contribution in [3.05, 3.63) is 35.4 Å². The van der Waals surface area contributed by atoms with Crippen molar-refractivity contribution in [1.82, 2.24) is 25.8 Å². The number of carboxylic acids is 1. The Kier molecular flexibility index (Phi) is 10.2. The van der Waals surface area contributed by atoms with Crippen LogP contribution in [0.2, 0.25) is 0 Å². The summed E-state index contributed by atoms with van der Waals surface area (Å²) in [7, 11) is 1.53. The van der Waals surface area contributed by atoms with Gasteiger partial charge < -0.3 is 15.2 Å². The summed E-state index contributed by atoms with van der Waals surface area (Å²) in [5, 5.41) is 14.9. The third kappa shape index (κ3) is 7.70. The fraction of sp³-hybridized carbons (Fsp3) is 0.435. The predicted octanol–water partition coefficient (Wildman–Crippen LogP) is -0.621. The zero-order chi connectivity index (χ0) is 26.8. The number of Topliss-reactive ketones (excluding diaryl/α,β-unsaturated/α-hetero) is 1. The number of rotatable bonds is 12. The number of likely N-dealkylation sites (N-methyl/N-ethyl adjacent to an activating group) is 1. The minimum absolute atomic E-state index is 0.132. The largest absolute Gasteiger partial charge is 0.481 e. The van der Waals surface area contributed by atoms with E-state index in [1.165, 1.54) is 48.3 Å². The van der Waals surface area contributed by atoms with Gasteiger partial charge in [0.25, 0.3) is 5.91 Å². The standard InChI is InChI=1S/C23H29N5O8/c1-15(31)16-5-7-17(8-6-16)22(35)25-27(14-30)11-9-20(32)28-10-3-4-19(26(28)2)23(36)24-18(13-29)12-21(33)34/h5-8,13-14,18-19H,3-4,9-12H2,1-2H3,(H,24,36)(H,25,35)(H,33,34). The average molecular weight is 504 g/mol. The molecule has 1 saturated heterocycles. The maximum Gasteiger partial charge on any atom is 0.305 e. The molecule has 13 heteroatoms. The van der Waals surface area contributed by atoms with Crippen LogP contribution in [0.5, 0.6) is 0 Å². The van der Waals surface area contributed by atoms with Gasteiger partial charge in [-0.15, -0.1) is 0 Å². The van der Waals surface area contributed by atoms with Crippen molar-refractivity contribution < 1.29 is 38.7 Å². The Morgan fingerprint density at radius 2 is 1.78 bits per heavy atom. The quantitative estimate of drug-likeness (QED) is 0.191. The molecule has 1 aromatic rings. The Balaban J connectivity index is 1.93. The molecule has 2 atom stereocenters. The van der Waals surface area contributed by atoms with Gasteiger partial charge in [-0.3, -0.25) is 44.2 Å². The summed E-state index contributed by atoms with van der Waals surface area (Å²) >= 11 is 0. The number of nitrogens with zero attached hydrogens (tertiary/aromatic N) is 3. The van der Waals surface area contributed by atoms with Gasteiger partial charge in [0.15, 0.2) is 5.78 Å². The molecule has 0 spiro atoms. The first-order valence-electron chi connectivity index (χ1n) is 11.2. The fourth-order valence-electron chi connectivity index (χ4n) is 3.68. The molecule has 2 rings (SSSR count). The van der Waals surface area contributed by atoms with Crippen LogP contribution in [0.4, 0.5) is 0 Å². The summed E-state index contributed by atoms with van der Waals surface area (Å²) in [5.41, 5.74) is 3.04. The lowest BCUT2D eigenvalue weighted by molar-refractivity contribution is -0.161. The highest BCUT2D eigenvalue weighted by molar-refractivity contribution is 5.97. The van der Waals surface area contributed by atoms with Gasteiger partial charge in [0.1, 0.15) is 12.3 Å². The van der Waals surface area contributed by atoms with Gasteiger partial charge in [0.05, 0.1) is 19.0 Å². The number of benzene rings is 1. The number of hydrogen-bond donors (Lipinski definition) is 3. The van der Waals surface area contributed by atoms with Crippen molar-refractivity contribution in [1.29, 1.82) is 0 Å². The number of carboxylic acid groups (broad SMARTS) is 1. The lowest BCUT2D eigenvalue weighted by Gasteiger charge is -2.41. The maximum atomic E-state index is 12.8. The third-order valence-corrected chi connectivity index (χ3v) is 5.65. The smallest absolute Gasteiger partial charge is 0.305 e. The number of nitrogens with one attached hydrogen (secondary N) is 2. The Hall–Kier alpha value is -4.13. The first-order chi connectivity index (χ1) is 17.1. The molecule has 1 aliphatic heterocycles. The molecule has 0 radical (unpaired) electrons. The molecule has 0 aliphatic carbocycles. The van der Waals surface area contributed by atoms with Crippen molar-refractivity contribution in [2.45, 2.75) is 44.7 Å². The summed E-state index contributed by atoms with van der Waals surface area (Å²) in [4.78, 5) is 82.5. The molecule has 194 valence electrons. The van der Waals surface area contributed by atoms with E-state index in [4.69, 9.17) is 5.11 Å². The molecule has 0 aromatic heterocycles. The minimum Gasteiger partial charge on any atom is -0.481 e. The van der Waals surface area contributed by atoms with E-state index in [1.54, 1.807) is 0 Å². The number of hydrogen-bond acceptors (Lipinski definition) is 8.